The molecule has 1 nitrogen and oxygen atoms in total. The zero-order chi connectivity index (χ0) is 10.8. The fourth-order valence-electron chi connectivity index (χ4n) is 1.92. The van der Waals surface area contributed by atoms with Gasteiger partial charge in [0.15, 0.2) is 0 Å². The van der Waals surface area contributed by atoms with Crippen LogP contribution in [0.4, 0.5) is 8.78 Å². The van der Waals surface area contributed by atoms with Gasteiger partial charge >= 0.3 is 0 Å². The molecule has 1 aliphatic heterocycles. The standard InChI is InChI=1S/C11H12BrF2N/c12-10-9(13)2-1-8(11(10)14)5-7-3-4-15-6-7/h1-2,7,15H,3-6H2. The molecule has 1 aromatic carbocycles. The maximum Gasteiger partial charge on any atom is 0.143 e. The van der Waals surface area contributed by atoms with Crippen LogP contribution in [0.3, 0.4) is 0 Å². The summed E-state index contributed by atoms with van der Waals surface area (Å²) in [6.07, 6.45) is 1.74. The van der Waals surface area contributed by atoms with Gasteiger partial charge in [-0.2, -0.15) is 0 Å². The Balaban J connectivity index is 2.17. The van der Waals surface area contributed by atoms with Crippen molar-refractivity contribution < 1.29 is 8.78 Å². The maximum atomic E-state index is 13.6. The molecule has 0 amide bonds. The Morgan fingerprint density at radius 3 is 2.87 bits per heavy atom. The van der Waals surface area contributed by atoms with Crippen molar-refractivity contribution >= 4 is 15.9 Å². The fourth-order valence-corrected chi connectivity index (χ4v) is 2.31. The van der Waals surface area contributed by atoms with Gasteiger partial charge in [-0.1, -0.05) is 6.07 Å². The lowest BCUT2D eigenvalue weighted by Gasteiger charge is -2.10. The highest BCUT2D eigenvalue weighted by Gasteiger charge is 2.18. The van der Waals surface area contributed by atoms with E-state index in [9.17, 15) is 8.78 Å². The molecule has 1 N–H and O–H groups in total. The van der Waals surface area contributed by atoms with E-state index in [1.165, 1.54) is 12.1 Å². The second-order valence-corrected chi connectivity index (χ2v) is 4.69. The van der Waals surface area contributed by atoms with Crippen molar-refractivity contribution in [3.63, 3.8) is 0 Å². The Morgan fingerprint density at radius 1 is 1.40 bits per heavy atom. The number of hydrogen-bond acceptors (Lipinski definition) is 1. The molecule has 0 aliphatic carbocycles. The average molecular weight is 276 g/mol. The van der Waals surface area contributed by atoms with Crippen LogP contribution in [0.5, 0.6) is 0 Å². The second-order valence-electron chi connectivity index (χ2n) is 3.90. The highest BCUT2D eigenvalue weighted by atomic mass is 79.9. The van der Waals surface area contributed by atoms with Crippen molar-refractivity contribution in [2.75, 3.05) is 13.1 Å². The molecule has 0 bridgehead atoms. The molecule has 1 saturated heterocycles. The van der Waals surface area contributed by atoms with E-state index in [0.717, 1.165) is 19.5 Å². The van der Waals surface area contributed by atoms with E-state index in [1.54, 1.807) is 0 Å². The molecule has 1 atom stereocenters. The molecule has 1 fully saturated rings. The van der Waals surface area contributed by atoms with Gasteiger partial charge in [0.05, 0.1) is 4.47 Å². The molecule has 1 aromatic rings. The number of halogens is 3. The Kier molecular flexibility index (Phi) is 3.36. The van der Waals surface area contributed by atoms with Gasteiger partial charge < -0.3 is 5.32 Å². The predicted molar refractivity (Wildman–Crippen MR) is 58.7 cm³/mol. The fraction of sp³-hybridized carbons (Fsp3) is 0.455. The third kappa shape index (κ3) is 2.37. The number of nitrogens with one attached hydrogen (secondary N) is 1. The summed E-state index contributed by atoms with van der Waals surface area (Å²) in [7, 11) is 0. The van der Waals surface area contributed by atoms with Gasteiger partial charge in [-0.15, -0.1) is 0 Å². The topological polar surface area (TPSA) is 12.0 Å². The predicted octanol–water partition coefficient (Wildman–Crippen LogP) is 2.88. The highest BCUT2D eigenvalue weighted by Crippen LogP contribution is 2.25. The molecular formula is C11H12BrF2N. The molecule has 1 unspecified atom stereocenters. The minimum Gasteiger partial charge on any atom is -0.316 e. The summed E-state index contributed by atoms with van der Waals surface area (Å²) < 4.78 is 26.5. The molecule has 0 radical (unpaired) electrons. The van der Waals surface area contributed by atoms with E-state index in [2.05, 4.69) is 21.2 Å². The lowest BCUT2D eigenvalue weighted by Crippen LogP contribution is -2.11. The molecule has 1 heterocycles. The average Bonchev–Trinajstić information content (AvgIpc) is 2.72. The van der Waals surface area contributed by atoms with Crippen LogP contribution >= 0.6 is 15.9 Å². The van der Waals surface area contributed by atoms with E-state index in [4.69, 9.17) is 0 Å². The van der Waals surface area contributed by atoms with E-state index < -0.39 is 11.6 Å². The van der Waals surface area contributed by atoms with Gasteiger partial charge in [-0.3, -0.25) is 0 Å². The minimum absolute atomic E-state index is 0.0500. The molecule has 1 aliphatic rings. The first-order valence-electron chi connectivity index (χ1n) is 5.01. The van der Waals surface area contributed by atoms with Gasteiger partial charge in [0, 0.05) is 0 Å². The molecule has 15 heavy (non-hydrogen) atoms. The molecule has 0 saturated carbocycles. The molecule has 2 rings (SSSR count). The van der Waals surface area contributed by atoms with Gasteiger partial charge in [0.25, 0.3) is 0 Å². The smallest absolute Gasteiger partial charge is 0.143 e. The van der Waals surface area contributed by atoms with Crippen molar-refractivity contribution in [1.82, 2.24) is 5.32 Å². The normalized spacial score (nSPS) is 20.9. The van der Waals surface area contributed by atoms with Gasteiger partial charge in [-0.05, 0) is 59.4 Å². The van der Waals surface area contributed by atoms with Gasteiger partial charge in [-0.25, -0.2) is 8.78 Å². The maximum absolute atomic E-state index is 13.6. The number of benzene rings is 1. The second kappa shape index (κ2) is 4.58. The van der Waals surface area contributed by atoms with E-state index in [0.29, 0.717) is 17.9 Å². The van der Waals surface area contributed by atoms with Crippen LogP contribution in [0.2, 0.25) is 0 Å². The van der Waals surface area contributed by atoms with Crippen molar-refractivity contribution in [1.29, 1.82) is 0 Å². The summed E-state index contributed by atoms with van der Waals surface area (Å²) in [4.78, 5) is 0. The van der Waals surface area contributed by atoms with E-state index in [1.807, 2.05) is 0 Å². The Morgan fingerprint density at radius 2 is 2.20 bits per heavy atom. The van der Waals surface area contributed by atoms with Crippen molar-refractivity contribution in [2.45, 2.75) is 12.8 Å². The van der Waals surface area contributed by atoms with Crippen molar-refractivity contribution in [3.8, 4) is 0 Å². The summed E-state index contributed by atoms with van der Waals surface area (Å²) >= 11 is 2.91. The van der Waals surface area contributed by atoms with Crippen molar-refractivity contribution in [3.05, 3.63) is 33.8 Å². The quantitative estimate of drug-likeness (QED) is 0.819. The Labute approximate surface area is 96.0 Å². The Bertz CT molecular complexity index is 362. The first-order valence-corrected chi connectivity index (χ1v) is 5.81. The Hall–Kier alpha value is -0.480. The number of hydrogen-bond donors (Lipinski definition) is 1. The van der Waals surface area contributed by atoms with E-state index in [-0.39, 0.29) is 4.47 Å². The summed E-state index contributed by atoms with van der Waals surface area (Å²) in [5, 5.41) is 3.23. The highest BCUT2D eigenvalue weighted by molar-refractivity contribution is 9.10. The third-order valence-corrected chi connectivity index (χ3v) is 3.51. The zero-order valence-corrected chi connectivity index (χ0v) is 9.78. The van der Waals surface area contributed by atoms with Crippen LogP contribution in [0.15, 0.2) is 16.6 Å². The van der Waals surface area contributed by atoms with Crippen LogP contribution < -0.4 is 5.32 Å². The van der Waals surface area contributed by atoms with Crippen LogP contribution in [-0.2, 0) is 6.42 Å². The lowest BCUT2D eigenvalue weighted by molar-refractivity contribution is 0.526. The first kappa shape index (κ1) is 11.0. The summed E-state index contributed by atoms with van der Waals surface area (Å²) in [5.41, 5.74) is 0.594. The third-order valence-electron chi connectivity index (χ3n) is 2.79. The molecule has 0 aromatic heterocycles. The minimum atomic E-state index is -0.541. The van der Waals surface area contributed by atoms with Gasteiger partial charge in [0.2, 0.25) is 0 Å². The molecule has 4 heteroatoms. The lowest BCUT2D eigenvalue weighted by atomic mass is 9.98. The molecular weight excluding hydrogens is 264 g/mol. The van der Waals surface area contributed by atoms with Crippen molar-refractivity contribution in [2.24, 2.45) is 5.92 Å². The van der Waals surface area contributed by atoms with Crippen LogP contribution in [0, 0.1) is 17.6 Å². The SMILES string of the molecule is Fc1ccc(CC2CCNC2)c(F)c1Br. The van der Waals surface area contributed by atoms with Gasteiger partial charge in [0.1, 0.15) is 11.6 Å². The van der Waals surface area contributed by atoms with Crippen LogP contribution in [-0.4, -0.2) is 13.1 Å². The summed E-state index contributed by atoms with van der Waals surface area (Å²) in [6, 6.07) is 2.85. The summed E-state index contributed by atoms with van der Waals surface area (Å²) in [5.74, 6) is -0.528. The van der Waals surface area contributed by atoms with E-state index >= 15 is 0 Å². The van der Waals surface area contributed by atoms with Crippen LogP contribution in [0.1, 0.15) is 12.0 Å². The molecule has 82 valence electrons. The summed E-state index contributed by atoms with van der Waals surface area (Å²) in [6.45, 7) is 1.92. The van der Waals surface area contributed by atoms with Crippen LogP contribution in [0.25, 0.3) is 0 Å². The molecule has 0 spiro atoms. The largest absolute Gasteiger partial charge is 0.316 e. The monoisotopic (exact) mass is 275 g/mol. The number of rotatable bonds is 2. The zero-order valence-electron chi connectivity index (χ0n) is 8.19. The first-order chi connectivity index (χ1) is 7.18.